The van der Waals surface area contributed by atoms with Crippen molar-refractivity contribution in [1.82, 2.24) is 0 Å². The van der Waals surface area contributed by atoms with Crippen LogP contribution in [0.2, 0.25) is 0 Å². The van der Waals surface area contributed by atoms with Crippen LogP contribution in [0.4, 0.5) is 0 Å². The zero-order chi connectivity index (χ0) is 30.0. The van der Waals surface area contributed by atoms with Gasteiger partial charge in [0.15, 0.2) is 5.43 Å². The van der Waals surface area contributed by atoms with Crippen molar-refractivity contribution in [1.29, 1.82) is 0 Å². The summed E-state index contributed by atoms with van der Waals surface area (Å²) in [5, 5.41) is 60.5. The Morgan fingerprint density at radius 3 is 2.21 bits per heavy atom. The highest BCUT2D eigenvalue weighted by atomic mass is 16.7. The average molecular weight is 579 g/mol. The topological polar surface area (TPSA) is 196 Å². The van der Waals surface area contributed by atoms with Crippen LogP contribution in [0.1, 0.15) is 5.56 Å². The van der Waals surface area contributed by atoms with E-state index in [-0.39, 0.29) is 34.0 Å². The molecule has 6 N–H and O–H groups in total. The number of hydrogen-bond acceptors (Lipinski definition) is 12. The van der Waals surface area contributed by atoms with Crippen molar-refractivity contribution < 1.29 is 54.1 Å². The molecule has 12 heteroatoms. The zero-order valence-corrected chi connectivity index (χ0v) is 21.7. The molecule has 3 aromatic carbocycles. The first-order valence-corrected chi connectivity index (χ1v) is 12.7. The van der Waals surface area contributed by atoms with Crippen molar-refractivity contribution in [2.75, 3.05) is 6.61 Å². The van der Waals surface area contributed by atoms with Gasteiger partial charge < -0.3 is 49.3 Å². The van der Waals surface area contributed by atoms with Gasteiger partial charge in [-0.25, -0.2) is 4.79 Å². The lowest BCUT2D eigenvalue weighted by atomic mass is 9.99. The molecule has 1 fully saturated rings. The lowest BCUT2D eigenvalue weighted by Gasteiger charge is -2.39. The lowest BCUT2D eigenvalue weighted by molar-refractivity contribution is -0.278. The summed E-state index contributed by atoms with van der Waals surface area (Å²) < 4.78 is 22.2. The van der Waals surface area contributed by atoms with Crippen LogP contribution in [0.15, 0.2) is 82.0 Å². The molecule has 0 radical (unpaired) electrons. The molecule has 0 aliphatic carbocycles. The van der Waals surface area contributed by atoms with Crippen molar-refractivity contribution >= 4 is 23.0 Å². The molecule has 5 rings (SSSR count). The van der Waals surface area contributed by atoms with Crippen molar-refractivity contribution in [3.8, 4) is 34.3 Å². The minimum atomic E-state index is -1.74. The molecule has 1 aliphatic rings. The molecule has 218 valence electrons. The predicted molar refractivity (Wildman–Crippen MR) is 147 cm³/mol. The number of carbonyl (C=O) groups excluding carboxylic acids is 1. The molecule has 0 amide bonds. The van der Waals surface area contributed by atoms with Gasteiger partial charge in [0.1, 0.15) is 70.8 Å². The Kier molecular flexibility index (Phi) is 8.13. The number of esters is 1. The first kappa shape index (κ1) is 28.6. The van der Waals surface area contributed by atoms with E-state index in [1.54, 1.807) is 12.1 Å². The summed E-state index contributed by atoms with van der Waals surface area (Å²) in [5.74, 6) is -1.13. The maximum Gasteiger partial charge on any atom is 0.330 e. The Labute approximate surface area is 237 Å². The number of fused-ring (bicyclic) bond motifs is 1. The van der Waals surface area contributed by atoms with E-state index in [1.807, 2.05) is 0 Å². The molecule has 12 nitrogen and oxygen atoms in total. The predicted octanol–water partition coefficient (Wildman–Crippen LogP) is 2.02. The number of rotatable bonds is 7. The van der Waals surface area contributed by atoms with Crippen molar-refractivity contribution in [3.63, 3.8) is 0 Å². The Morgan fingerprint density at radius 1 is 0.857 bits per heavy atom. The highest BCUT2D eigenvalue weighted by molar-refractivity contribution is 5.87. The number of phenols is 3. The van der Waals surface area contributed by atoms with Gasteiger partial charge in [-0.2, -0.15) is 0 Å². The molecule has 1 aliphatic heterocycles. The molecular weight excluding hydrogens is 552 g/mol. The van der Waals surface area contributed by atoms with Gasteiger partial charge in [0.05, 0.1) is 0 Å². The normalized spacial score (nSPS) is 22.3. The summed E-state index contributed by atoms with van der Waals surface area (Å²) >= 11 is 0. The second-order valence-corrected chi connectivity index (χ2v) is 9.52. The second-order valence-electron chi connectivity index (χ2n) is 9.52. The highest BCUT2D eigenvalue weighted by Gasteiger charge is 2.45. The monoisotopic (exact) mass is 578 g/mol. The van der Waals surface area contributed by atoms with E-state index in [2.05, 4.69) is 0 Å². The quantitative estimate of drug-likeness (QED) is 0.138. The van der Waals surface area contributed by atoms with Gasteiger partial charge in [0.2, 0.25) is 6.29 Å². The first-order valence-electron chi connectivity index (χ1n) is 12.7. The minimum absolute atomic E-state index is 0.0205. The van der Waals surface area contributed by atoms with Crippen LogP contribution in [0, 0.1) is 0 Å². The summed E-state index contributed by atoms with van der Waals surface area (Å²) in [6.45, 7) is -0.503. The molecule has 0 bridgehead atoms. The Morgan fingerprint density at radius 2 is 1.52 bits per heavy atom. The van der Waals surface area contributed by atoms with Crippen LogP contribution in [0.5, 0.6) is 23.0 Å². The molecule has 1 saturated heterocycles. The fourth-order valence-corrected chi connectivity index (χ4v) is 4.33. The fraction of sp³-hybridized carbons (Fsp3) is 0.200. The molecule has 1 aromatic heterocycles. The van der Waals surface area contributed by atoms with E-state index >= 15 is 0 Å². The van der Waals surface area contributed by atoms with Gasteiger partial charge in [-0.3, -0.25) is 4.79 Å². The largest absolute Gasteiger partial charge is 0.508 e. The van der Waals surface area contributed by atoms with Gasteiger partial charge >= 0.3 is 5.97 Å². The SMILES string of the molecule is O=C(/C=C/c1ccc(O)cc1)OC[C@H]1O[C@@H](Oc2cc(O)c3c(=O)cc(-c4ccc(O)cc4)oc3c2)[C@H](O)[C@H](O)[C@H]1O. The number of hydrogen-bond donors (Lipinski definition) is 6. The van der Waals surface area contributed by atoms with Crippen LogP contribution < -0.4 is 10.2 Å². The van der Waals surface area contributed by atoms with E-state index in [1.165, 1.54) is 54.6 Å². The molecule has 42 heavy (non-hydrogen) atoms. The number of ether oxygens (including phenoxy) is 3. The van der Waals surface area contributed by atoms with Crippen LogP contribution in [-0.4, -0.2) is 73.9 Å². The average Bonchev–Trinajstić information content (AvgIpc) is 2.96. The number of carbonyl (C=O) groups is 1. The number of aliphatic hydroxyl groups is 3. The third-order valence-corrected chi connectivity index (χ3v) is 6.55. The first-order chi connectivity index (χ1) is 20.1. The van der Waals surface area contributed by atoms with Crippen LogP contribution in [0.3, 0.4) is 0 Å². The van der Waals surface area contributed by atoms with E-state index < -0.39 is 54.5 Å². The van der Waals surface area contributed by atoms with E-state index in [4.69, 9.17) is 18.6 Å². The van der Waals surface area contributed by atoms with Crippen LogP contribution >= 0.6 is 0 Å². The number of aliphatic hydroxyl groups excluding tert-OH is 3. The number of aromatic hydroxyl groups is 3. The third kappa shape index (κ3) is 6.21. The summed E-state index contributed by atoms with van der Waals surface area (Å²) in [7, 11) is 0. The molecule has 0 saturated carbocycles. The minimum Gasteiger partial charge on any atom is -0.508 e. The number of phenolic OH excluding ortho intramolecular Hbond substituents is 3. The van der Waals surface area contributed by atoms with E-state index in [0.29, 0.717) is 11.1 Å². The lowest BCUT2D eigenvalue weighted by Crippen LogP contribution is -2.60. The van der Waals surface area contributed by atoms with Gasteiger partial charge in [0, 0.05) is 29.8 Å². The summed E-state index contributed by atoms with van der Waals surface area (Å²) in [4.78, 5) is 24.9. The van der Waals surface area contributed by atoms with Gasteiger partial charge in [-0.15, -0.1) is 0 Å². The molecule has 0 unspecified atom stereocenters. The maximum atomic E-state index is 12.7. The standard InChI is InChI=1S/C30H26O12/c31-17-6-1-15(2-7-17)3-10-25(35)39-14-24-27(36)28(37)29(38)30(42-24)40-19-11-20(33)26-21(34)13-22(41-23(26)12-19)16-4-8-18(32)9-5-16/h1-13,24,27-33,36-38H,14H2/b10-3+/t24-,27+,28-,29-,30-/m1/s1. The zero-order valence-electron chi connectivity index (χ0n) is 21.7. The van der Waals surface area contributed by atoms with Crippen LogP contribution in [0.25, 0.3) is 28.4 Å². The number of benzene rings is 3. The smallest absolute Gasteiger partial charge is 0.330 e. The Balaban J connectivity index is 1.31. The van der Waals surface area contributed by atoms with Crippen molar-refractivity contribution in [3.05, 3.63) is 88.6 Å². The van der Waals surface area contributed by atoms with Gasteiger partial charge in [-0.05, 0) is 48.0 Å². The van der Waals surface area contributed by atoms with Gasteiger partial charge in [0.25, 0.3) is 0 Å². The molecule has 5 atom stereocenters. The van der Waals surface area contributed by atoms with Gasteiger partial charge in [-0.1, -0.05) is 12.1 Å². The summed E-state index contributed by atoms with van der Waals surface area (Å²) in [5.41, 5.74) is 0.501. The molecule has 0 spiro atoms. The Bertz CT molecular complexity index is 1660. The highest BCUT2D eigenvalue weighted by Crippen LogP contribution is 2.33. The molecule has 2 heterocycles. The van der Waals surface area contributed by atoms with E-state index in [9.17, 15) is 40.2 Å². The second kappa shape index (κ2) is 11.9. The third-order valence-electron chi connectivity index (χ3n) is 6.55. The summed E-state index contributed by atoms with van der Waals surface area (Å²) in [6.07, 6.45) is -5.43. The summed E-state index contributed by atoms with van der Waals surface area (Å²) in [6, 6.07) is 15.5. The van der Waals surface area contributed by atoms with Crippen LogP contribution in [-0.2, 0) is 14.3 Å². The fourth-order valence-electron chi connectivity index (χ4n) is 4.33. The van der Waals surface area contributed by atoms with Crippen molar-refractivity contribution in [2.24, 2.45) is 0 Å². The Hall–Kier alpha value is -4.88. The van der Waals surface area contributed by atoms with E-state index in [0.717, 1.165) is 12.1 Å². The molecular formula is C30H26O12. The maximum absolute atomic E-state index is 12.7. The van der Waals surface area contributed by atoms with Crippen molar-refractivity contribution in [2.45, 2.75) is 30.7 Å². The molecule has 4 aromatic rings.